The summed E-state index contributed by atoms with van der Waals surface area (Å²) in [6, 6.07) is 4.59. The van der Waals surface area contributed by atoms with Crippen LogP contribution in [0.2, 0.25) is 0 Å². The lowest BCUT2D eigenvalue weighted by Crippen LogP contribution is -2.46. The maximum atomic E-state index is 13.0. The van der Waals surface area contributed by atoms with Crippen molar-refractivity contribution in [2.45, 2.75) is 55.3 Å². The van der Waals surface area contributed by atoms with Crippen LogP contribution in [0, 0.1) is 6.92 Å². The molecule has 1 fully saturated rings. The van der Waals surface area contributed by atoms with Crippen molar-refractivity contribution in [1.82, 2.24) is 9.62 Å². The number of nitrogens with one attached hydrogen (secondary N) is 1. The maximum Gasteiger partial charge on any atom is 0.253 e. The van der Waals surface area contributed by atoms with Crippen molar-refractivity contribution in [3.05, 3.63) is 40.7 Å². The number of aryl methyl sites for hydroxylation is 2. The fraction of sp³-hybridized carbons (Fsp3) is 0.500. The van der Waals surface area contributed by atoms with E-state index in [9.17, 15) is 13.2 Å². The number of thiophene rings is 1. The van der Waals surface area contributed by atoms with Gasteiger partial charge in [0, 0.05) is 23.4 Å². The van der Waals surface area contributed by atoms with Gasteiger partial charge in [0.1, 0.15) is 16.0 Å². The molecule has 1 amide bonds. The summed E-state index contributed by atoms with van der Waals surface area (Å²) in [6.45, 7) is 2.27. The van der Waals surface area contributed by atoms with E-state index >= 15 is 0 Å². The predicted octanol–water partition coefficient (Wildman–Crippen LogP) is 3.00. The molecule has 2 unspecified atom stereocenters. The second kappa shape index (κ2) is 6.83. The number of nitrogens with zero attached hydrogens (tertiary/aromatic N) is 1. The molecule has 2 aromatic rings. The Kier molecular flexibility index (Phi) is 4.66. The van der Waals surface area contributed by atoms with Crippen LogP contribution in [0.15, 0.2) is 33.1 Å². The lowest BCUT2D eigenvalue weighted by atomic mass is 9.93. The molecule has 0 saturated carbocycles. The van der Waals surface area contributed by atoms with Crippen LogP contribution in [-0.4, -0.2) is 31.2 Å². The second-order valence-corrected chi connectivity index (χ2v) is 10.3. The van der Waals surface area contributed by atoms with Gasteiger partial charge in [-0.2, -0.15) is 4.31 Å². The van der Waals surface area contributed by atoms with Gasteiger partial charge in [0.25, 0.3) is 10.0 Å². The molecule has 1 N–H and O–H groups in total. The molecule has 3 heterocycles. The molecule has 2 aromatic heterocycles. The van der Waals surface area contributed by atoms with Gasteiger partial charge >= 0.3 is 0 Å². The van der Waals surface area contributed by atoms with E-state index < -0.39 is 16.1 Å². The van der Waals surface area contributed by atoms with Crippen molar-refractivity contribution in [2.75, 3.05) is 6.54 Å². The number of hydrogen-bond acceptors (Lipinski definition) is 5. The molecule has 8 heteroatoms. The van der Waals surface area contributed by atoms with E-state index in [-0.39, 0.29) is 11.9 Å². The second-order valence-electron chi connectivity index (χ2n) is 6.89. The lowest BCUT2D eigenvalue weighted by molar-refractivity contribution is -0.125. The Balaban J connectivity index is 1.53. The topological polar surface area (TPSA) is 79.6 Å². The van der Waals surface area contributed by atoms with Gasteiger partial charge in [0.05, 0.1) is 12.3 Å². The minimum Gasteiger partial charge on any atom is -0.469 e. The lowest BCUT2D eigenvalue weighted by Gasteiger charge is -2.27. The number of sulfonamides is 1. The zero-order chi connectivity index (χ0) is 18.3. The van der Waals surface area contributed by atoms with Crippen LogP contribution in [0.5, 0.6) is 0 Å². The Hall–Kier alpha value is -1.64. The van der Waals surface area contributed by atoms with E-state index in [1.54, 1.807) is 18.4 Å². The summed E-state index contributed by atoms with van der Waals surface area (Å²) >= 11 is 1.25. The van der Waals surface area contributed by atoms with Crippen LogP contribution in [0.3, 0.4) is 0 Å². The summed E-state index contributed by atoms with van der Waals surface area (Å²) in [5.41, 5.74) is 1.02. The first-order valence-electron chi connectivity index (χ1n) is 8.92. The van der Waals surface area contributed by atoms with Gasteiger partial charge in [0.2, 0.25) is 5.91 Å². The van der Waals surface area contributed by atoms with E-state index in [4.69, 9.17) is 4.42 Å². The standard InChI is InChI=1S/C18H22N2O4S2/c1-12-7-8-17(25-12)26(22,23)20-10-3-5-15(20)18(21)19-14-4-2-6-16-13(14)9-11-24-16/h7-9,11,14-15H,2-6,10H2,1H3,(H,19,21). The van der Waals surface area contributed by atoms with Crippen LogP contribution in [0.25, 0.3) is 0 Å². The van der Waals surface area contributed by atoms with Gasteiger partial charge in [-0.15, -0.1) is 11.3 Å². The Morgan fingerprint density at radius 1 is 1.27 bits per heavy atom. The number of hydrogen-bond donors (Lipinski definition) is 1. The molecule has 1 aliphatic carbocycles. The van der Waals surface area contributed by atoms with E-state index in [2.05, 4.69) is 5.32 Å². The zero-order valence-corrected chi connectivity index (χ0v) is 16.2. The Labute approximate surface area is 157 Å². The van der Waals surface area contributed by atoms with E-state index in [0.29, 0.717) is 23.6 Å². The van der Waals surface area contributed by atoms with Gasteiger partial charge in [-0.1, -0.05) is 0 Å². The fourth-order valence-corrected chi connectivity index (χ4v) is 6.93. The highest BCUT2D eigenvalue weighted by Crippen LogP contribution is 2.33. The third-order valence-corrected chi connectivity index (χ3v) is 8.53. The van der Waals surface area contributed by atoms with Crippen molar-refractivity contribution in [1.29, 1.82) is 0 Å². The Bertz CT molecular complexity index is 915. The summed E-state index contributed by atoms with van der Waals surface area (Å²) in [6.07, 6.45) is 5.59. The zero-order valence-electron chi connectivity index (χ0n) is 14.6. The van der Waals surface area contributed by atoms with Gasteiger partial charge in [-0.05, 0) is 50.8 Å². The van der Waals surface area contributed by atoms with Crippen LogP contribution >= 0.6 is 11.3 Å². The monoisotopic (exact) mass is 394 g/mol. The van der Waals surface area contributed by atoms with E-state index in [1.165, 1.54) is 15.6 Å². The van der Waals surface area contributed by atoms with Crippen molar-refractivity contribution in [3.8, 4) is 0 Å². The molecule has 6 nitrogen and oxygen atoms in total. The molecule has 0 bridgehead atoms. The summed E-state index contributed by atoms with van der Waals surface area (Å²) in [7, 11) is -3.63. The molecular formula is C18H22N2O4S2. The van der Waals surface area contributed by atoms with Crippen LogP contribution in [0.4, 0.5) is 0 Å². The quantitative estimate of drug-likeness (QED) is 0.865. The number of fused-ring (bicyclic) bond motifs is 1. The number of rotatable bonds is 4. The summed E-state index contributed by atoms with van der Waals surface area (Å²) in [5.74, 6) is 0.713. The smallest absolute Gasteiger partial charge is 0.253 e. The van der Waals surface area contributed by atoms with E-state index in [0.717, 1.165) is 35.5 Å². The molecule has 2 aliphatic rings. The van der Waals surface area contributed by atoms with Crippen LogP contribution < -0.4 is 5.32 Å². The van der Waals surface area contributed by atoms with Gasteiger partial charge < -0.3 is 9.73 Å². The largest absolute Gasteiger partial charge is 0.469 e. The van der Waals surface area contributed by atoms with Crippen molar-refractivity contribution in [2.24, 2.45) is 0 Å². The van der Waals surface area contributed by atoms with Crippen molar-refractivity contribution in [3.63, 3.8) is 0 Å². The molecule has 140 valence electrons. The SMILES string of the molecule is Cc1ccc(S(=O)(=O)N2CCCC2C(=O)NC2CCCc3occc32)s1. The first kappa shape index (κ1) is 17.8. The molecule has 1 saturated heterocycles. The summed E-state index contributed by atoms with van der Waals surface area (Å²) in [5, 5.41) is 3.06. The minimum atomic E-state index is -3.63. The van der Waals surface area contributed by atoms with E-state index in [1.807, 2.05) is 13.0 Å². The van der Waals surface area contributed by atoms with Crippen molar-refractivity contribution >= 4 is 27.3 Å². The highest BCUT2D eigenvalue weighted by Gasteiger charge is 2.41. The minimum absolute atomic E-state index is 0.0980. The molecule has 2 atom stereocenters. The fourth-order valence-electron chi connectivity index (χ4n) is 3.86. The average molecular weight is 395 g/mol. The third kappa shape index (κ3) is 3.10. The predicted molar refractivity (Wildman–Crippen MR) is 98.5 cm³/mol. The van der Waals surface area contributed by atoms with Gasteiger partial charge in [-0.3, -0.25) is 4.79 Å². The van der Waals surface area contributed by atoms with Crippen LogP contribution in [-0.2, 0) is 21.2 Å². The van der Waals surface area contributed by atoms with Gasteiger partial charge in [0.15, 0.2) is 0 Å². The highest BCUT2D eigenvalue weighted by atomic mass is 32.2. The first-order chi connectivity index (χ1) is 12.5. The molecule has 1 aliphatic heterocycles. The highest BCUT2D eigenvalue weighted by molar-refractivity contribution is 7.91. The number of furan rings is 1. The molecular weight excluding hydrogens is 372 g/mol. The average Bonchev–Trinajstić information content (AvgIpc) is 3.35. The number of carbonyl (C=O) groups excluding carboxylic acids is 1. The first-order valence-corrected chi connectivity index (χ1v) is 11.2. The molecule has 4 rings (SSSR count). The third-order valence-electron chi connectivity index (χ3n) is 5.15. The Morgan fingerprint density at radius 3 is 2.88 bits per heavy atom. The van der Waals surface area contributed by atoms with Crippen LogP contribution in [0.1, 0.15) is 47.9 Å². The number of amides is 1. The molecule has 0 radical (unpaired) electrons. The maximum absolute atomic E-state index is 13.0. The normalized spacial score (nSPS) is 23.7. The van der Waals surface area contributed by atoms with Gasteiger partial charge in [-0.25, -0.2) is 8.42 Å². The molecule has 26 heavy (non-hydrogen) atoms. The summed E-state index contributed by atoms with van der Waals surface area (Å²) in [4.78, 5) is 13.8. The molecule has 0 spiro atoms. The number of carbonyl (C=O) groups is 1. The summed E-state index contributed by atoms with van der Waals surface area (Å²) < 4.78 is 33.1. The Morgan fingerprint density at radius 2 is 2.12 bits per heavy atom. The molecule has 0 aromatic carbocycles. The van der Waals surface area contributed by atoms with Crippen molar-refractivity contribution < 1.29 is 17.6 Å².